The number of hydrogen-bond donors (Lipinski definition) is 1. The molecule has 0 saturated carbocycles. The Kier molecular flexibility index (Phi) is 4.37. The fraction of sp³-hybridized carbons (Fsp3) is 0.267. The van der Waals surface area contributed by atoms with Crippen LogP contribution in [0.1, 0.15) is 21.7 Å². The number of rotatable bonds is 5. The smallest absolute Gasteiger partial charge is 0.348 e. The largest absolute Gasteiger partial charge is 0.492 e. The van der Waals surface area contributed by atoms with E-state index in [0.29, 0.717) is 18.0 Å². The van der Waals surface area contributed by atoms with E-state index in [9.17, 15) is 9.59 Å². The van der Waals surface area contributed by atoms with Gasteiger partial charge in [-0.05, 0) is 38.1 Å². The van der Waals surface area contributed by atoms with Gasteiger partial charge >= 0.3 is 11.7 Å². The van der Waals surface area contributed by atoms with Crippen molar-refractivity contribution < 1.29 is 14.6 Å². The molecule has 0 unspecified atom stereocenters. The molecule has 0 atom stereocenters. The Morgan fingerprint density at radius 2 is 2.10 bits per heavy atom. The minimum Gasteiger partial charge on any atom is -0.492 e. The van der Waals surface area contributed by atoms with Crippen molar-refractivity contribution in [2.75, 3.05) is 6.61 Å². The van der Waals surface area contributed by atoms with Crippen molar-refractivity contribution in [3.05, 3.63) is 57.8 Å². The molecule has 1 aromatic heterocycles. The third-order valence-corrected chi connectivity index (χ3v) is 3.01. The van der Waals surface area contributed by atoms with E-state index < -0.39 is 5.97 Å². The molecule has 1 N–H and O–H groups in total. The number of carboxylic acids is 1. The van der Waals surface area contributed by atoms with Gasteiger partial charge in [0.2, 0.25) is 0 Å². The molecular weight excluding hydrogens is 272 g/mol. The molecule has 0 aliphatic rings. The molecule has 0 aliphatic carbocycles. The molecule has 2 rings (SSSR count). The van der Waals surface area contributed by atoms with Gasteiger partial charge in [-0.1, -0.05) is 6.07 Å². The summed E-state index contributed by atoms with van der Waals surface area (Å²) in [4.78, 5) is 26.5. The number of ether oxygens (including phenoxy) is 1. The van der Waals surface area contributed by atoms with Crippen LogP contribution in [0, 0.1) is 13.8 Å². The molecule has 21 heavy (non-hydrogen) atoms. The van der Waals surface area contributed by atoms with Gasteiger partial charge in [0.25, 0.3) is 0 Å². The van der Waals surface area contributed by atoms with E-state index in [-0.39, 0.29) is 17.9 Å². The summed E-state index contributed by atoms with van der Waals surface area (Å²) in [6.45, 7) is 4.22. The van der Waals surface area contributed by atoms with Crippen molar-refractivity contribution in [1.29, 1.82) is 0 Å². The maximum Gasteiger partial charge on any atom is 0.348 e. The maximum absolute atomic E-state index is 11.8. The molecule has 0 spiro atoms. The van der Waals surface area contributed by atoms with Gasteiger partial charge in [0, 0.05) is 11.4 Å². The number of hydrogen-bond acceptors (Lipinski definition) is 4. The number of benzene rings is 1. The highest BCUT2D eigenvalue weighted by Crippen LogP contribution is 2.13. The minimum atomic E-state index is -1.00. The molecule has 0 bridgehead atoms. The number of carbonyl (C=O) groups is 1. The van der Waals surface area contributed by atoms with E-state index in [1.807, 2.05) is 13.0 Å². The van der Waals surface area contributed by atoms with Crippen molar-refractivity contribution >= 4 is 5.97 Å². The Bertz CT molecular complexity index is 722. The molecule has 0 fully saturated rings. The molecule has 2 aromatic rings. The Morgan fingerprint density at radius 1 is 1.33 bits per heavy atom. The number of nitrogens with zero attached hydrogens (tertiary/aromatic N) is 2. The van der Waals surface area contributed by atoms with E-state index in [1.165, 1.54) is 16.7 Å². The second-order valence-electron chi connectivity index (χ2n) is 4.65. The summed E-state index contributed by atoms with van der Waals surface area (Å²) in [5.41, 5.74) is 1.35. The van der Waals surface area contributed by atoms with Crippen molar-refractivity contribution in [2.24, 2.45) is 0 Å². The highest BCUT2D eigenvalue weighted by molar-refractivity contribution is 5.87. The van der Waals surface area contributed by atoms with Crippen molar-refractivity contribution in [3.8, 4) is 5.75 Å². The lowest BCUT2D eigenvalue weighted by Crippen LogP contribution is -2.27. The SMILES string of the molecule is Cc1cc(C)n(CCOc2cccc(C(=O)O)c2)c(=O)n1. The molecule has 110 valence electrons. The van der Waals surface area contributed by atoms with Gasteiger partial charge in [0.1, 0.15) is 12.4 Å². The zero-order valence-corrected chi connectivity index (χ0v) is 11.9. The quantitative estimate of drug-likeness (QED) is 0.904. The third-order valence-electron chi connectivity index (χ3n) is 3.01. The fourth-order valence-electron chi connectivity index (χ4n) is 2.02. The molecular formula is C15H16N2O4. The Morgan fingerprint density at radius 3 is 2.76 bits per heavy atom. The topological polar surface area (TPSA) is 81.4 Å². The van der Waals surface area contributed by atoms with E-state index in [1.54, 1.807) is 19.1 Å². The summed E-state index contributed by atoms with van der Waals surface area (Å²) in [5, 5.41) is 8.90. The van der Waals surface area contributed by atoms with Crippen molar-refractivity contribution in [1.82, 2.24) is 9.55 Å². The normalized spacial score (nSPS) is 10.4. The van der Waals surface area contributed by atoms with E-state index in [2.05, 4.69) is 4.98 Å². The van der Waals surface area contributed by atoms with Crippen LogP contribution in [0.4, 0.5) is 0 Å². The van der Waals surface area contributed by atoms with Crippen LogP contribution in [0.2, 0.25) is 0 Å². The van der Waals surface area contributed by atoms with Crippen LogP contribution in [-0.2, 0) is 6.54 Å². The predicted octanol–water partition coefficient (Wildman–Crippen LogP) is 1.64. The number of aromatic carboxylic acids is 1. The molecule has 0 radical (unpaired) electrons. The summed E-state index contributed by atoms with van der Waals surface area (Å²) >= 11 is 0. The summed E-state index contributed by atoms with van der Waals surface area (Å²) < 4.78 is 7.01. The molecule has 0 aliphatic heterocycles. The van der Waals surface area contributed by atoms with Crippen LogP contribution in [-0.4, -0.2) is 27.2 Å². The average molecular weight is 288 g/mol. The first kappa shape index (κ1) is 14.8. The Labute approximate surface area is 121 Å². The number of aromatic nitrogens is 2. The summed E-state index contributed by atoms with van der Waals surface area (Å²) in [5.74, 6) is -0.545. The third kappa shape index (κ3) is 3.68. The van der Waals surface area contributed by atoms with Gasteiger partial charge < -0.3 is 9.84 Å². The second kappa shape index (κ2) is 6.21. The lowest BCUT2D eigenvalue weighted by Gasteiger charge is -2.11. The monoisotopic (exact) mass is 288 g/mol. The zero-order valence-electron chi connectivity index (χ0n) is 11.9. The Balaban J connectivity index is 2.04. The molecule has 0 saturated heterocycles. The molecule has 1 heterocycles. The highest BCUT2D eigenvalue weighted by Gasteiger charge is 2.05. The Hall–Kier alpha value is -2.63. The highest BCUT2D eigenvalue weighted by atomic mass is 16.5. The van der Waals surface area contributed by atoms with Crippen LogP contribution in [0.15, 0.2) is 35.1 Å². The first-order valence-electron chi connectivity index (χ1n) is 6.48. The minimum absolute atomic E-state index is 0.165. The van der Waals surface area contributed by atoms with E-state index in [0.717, 1.165) is 5.69 Å². The van der Waals surface area contributed by atoms with Crippen LogP contribution in [0.3, 0.4) is 0 Å². The van der Waals surface area contributed by atoms with Crippen LogP contribution in [0.25, 0.3) is 0 Å². The lowest BCUT2D eigenvalue weighted by molar-refractivity contribution is 0.0696. The van der Waals surface area contributed by atoms with Crippen LogP contribution >= 0.6 is 0 Å². The number of aryl methyl sites for hydroxylation is 2. The van der Waals surface area contributed by atoms with E-state index in [4.69, 9.17) is 9.84 Å². The van der Waals surface area contributed by atoms with Crippen molar-refractivity contribution in [3.63, 3.8) is 0 Å². The standard InChI is InChI=1S/C15H16N2O4/c1-10-8-11(2)17(15(20)16-10)6-7-21-13-5-3-4-12(9-13)14(18)19/h3-5,8-9H,6-7H2,1-2H3,(H,18,19). The summed E-state index contributed by atoms with van der Waals surface area (Å²) in [6, 6.07) is 8.06. The number of carboxylic acid groups (broad SMARTS) is 1. The molecule has 0 amide bonds. The van der Waals surface area contributed by atoms with Crippen molar-refractivity contribution in [2.45, 2.75) is 20.4 Å². The van der Waals surface area contributed by atoms with Gasteiger partial charge in [-0.25, -0.2) is 9.59 Å². The second-order valence-corrected chi connectivity index (χ2v) is 4.65. The fourth-order valence-corrected chi connectivity index (χ4v) is 2.02. The van der Waals surface area contributed by atoms with E-state index >= 15 is 0 Å². The molecule has 6 nitrogen and oxygen atoms in total. The van der Waals surface area contributed by atoms with Gasteiger partial charge in [-0.3, -0.25) is 4.57 Å². The van der Waals surface area contributed by atoms with Crippen LogP contribution < -0.4 is 10.4 Å². The summed E-state index contributed by atoms with van der Waals surface area (Å²) in [6.07, 6.45) is 0. The van der Waals surface area contributed by atoms with Gasteiger partial charge in [0.05, 0.1) is 12.1 Å². The summed E-state index contributed by atoms with van der Waals surface area (Å²) in [7, 11) is 0. The lowest BCUT2D eigenvalue weighted by atomic mass is 10.2. The van der Waals surface area contributed by atoms with Gasteiger partial charge in [-0.2, -0.15) is 4.98 Å². The maximum atomic E-state index is 11.8. The van der Waals surface area contributed by atoms with Gasteiger partial charge in [0.15, 0.2) is 0 Å². The zero-order chi connectivity index (χ0) is 15.4. The average Bonchev–Trinajstić information content (AvgIpc) is 2.42. The predicted molar refractivity (Wildman–Crippen MR) is 76.9 cm³/mol. The molecule has 1 aromatic carbocycles. The van der Waals surface area contributed by atoms with Gasteiger partial charge in [-0.15, -0.1) is 0 Å². The first-order chi connectivity index (χ1) is 9.97. The molecule has 6 heteroatoms. The van der Waals surface area contributed by atoms with Crippen LogP contribution in [0.5, 0.6) is 5.75 Å². The first-order valence-corrected chi connectivity index (χ1v) is 6.48.